The van der Waals surface area contributed by atoms with E-state index < -0.39 is 5.54 Å². The maximum absolute atomic E-state index is 12.2. The number of aromatic nitrogens is 1. The van der Waals surface area contributed by atoms with Crippen molar-refractivity contribution < 1.29 is 9.21 Å². The number of anilines is 1. The summed E-state index contributed by atoms with van der Waals surface area (Å²) >= 11 is 0. The maximum Gasteiger partial charge on any atom is 0.244 e. The molecule has 1 saturated carbocycles. The zero-order chi connectivity index (χ0) is 14.2. The van der Waals surface area contributed by atoms with Gasteiger partial charge < -0.3 is 15.5 Å². The van der Waals surface area contributed by atoms with Crippen LogP contribution >= 0.6 is 0 Å². The molecular formula is C15H17N3O2. The number of amides is 1. The molecule has 1 aromatic heterocycles. The molecule has 1 aromatic carbocycles. The first-order valence-electron chi connectivity index (χ1n) is 6.66. The molecule has 2 aromatic rings. The number of benzene rings is 1. The van der Waals surface area contributed by atoms with Gasteiger partial charge in [-0.2, -0.15) is 0 Å². The molecule has 1 atom stereocenters. The summed E-state index contributed by atoms with van der Waals surface area (Å²) in [4.78, 5) is 16.0. The second kappa shape index (κ2) is 4.76. The molecule has 0 aliphatic heterocycles. The topological polar surface area (TPSA) is 81.2 Å². The third kappa shape index (κ3) is 2.44. The number of carbonyl (C=O) groups excluding carboxylic acids is 1. The molecule has 3 N–H and O–H groups in total. The summed E-state index contributed by atoms with van der Waals surface area (Å²) in [6.45, 7) is 1.79. The van der Waals surface area contributed by atoms with E-state index in [9.17, 15) is 4.79 Å². The van der Waals surface area contributed by atoms with Crippen LogP contribution in [0.15, 0.2) is 41.3 Å². The van der Waals surface area contributed by atoms with Crippen LogP contribution in [0.1, 0.15) is 19.8 Å². The number of oxazole rings is 1. The van der Waals surface area contributed by atoms with Gasteiger partial charge in [0.05, 0.1) is 11.7 Å². The Morgan fingerprint density at radius 3 is 2.65 bits per heavy atom. The van der Waals surface area contributed by atoms with Crippen LogP contribution in [-0.4, -0.2) is 16.4 Å². The Bertz CT molecular complexity index is 599. The molecule has 1 amide bonds. The first-order chi connectivity index (χ1) is 9.57. The number of nitrogens with zero attached hydrogens (tertiary/aromatic N) is 1. The molecule has 104 valence electrons. The van der Waals surface area contributed by atoms with Crippen molar-refractivity contribution in [2.45, 2.75) is 25.3 Å². The number of carbonyl (C=O) groups is 1. The molecular weight excluding hydrogens is 254 g/mol. The Balaban J connectivity index is 1.71. The van der Waals surface area contributed by atoms with Crippen molar-refractivity contribution in [3.05, 3.63) is 36.9 Å². The Hall–Kier alpha value is -2.14. The summed E-state index contributed by atoms with van der Waals surface area (Å²) in [7, 11) is 0. The van der Waals surface area contributed by atoms with Crippen molar-refractivity contribution in [3.63, 3.8) is 0 Å². The van der Waals surface area contributed by atoms with Crippen LogP contribution in [0.5, 0.6) is 0 Å². The molecule has 5 nitrogen and oxygen atoms in total. The third-order valence-corrected chi connectivity index (χ3v) is 3.77. The van der Waals surface area contributed by atoms with Crippen LogP contribution in [0, 0.1) is 5.92 Å². The lowest BCUT2D eigenvalue weighted by molar-refractivity contribution is -0.121. The fourth-order valence-electron chi connectivity index (χ4n) is 2.21. The van der Waals surface area contributed by atoms with Gasteiger partial charge in [-0.05, 0) is 49.9 Å². The van der Waals surface area contributed by atoms with Crippen molar-refractivity contribution in [2.24, 2.45) is 11.7 Å². The molecule has 5 heteroatoms. The minimum atomic E-state index is -0.788. The standard InChI is InChI=1S/C15H17N3O2/c1-15(16,11-4-5-11)14(19)18-12-6-2-10(3-7-12)13-8-17-9-20-13/h2-3,6-9,11H,4-5,16H2,1H3,(H,18,19). The predicted octanol–water partition coefficient (Wildman–Crippen LogP) is 2.41. The molecule has 3 rings (SSSR count). The SMILES string of the molecule is CC(N)(C(=O)Nc1ccc(-c2cnco2)cc1)C1CC1. The average molecular weight is 271 g/mol. The van der Waals surface area contributed by atoms with Gasteiger partial charge in [0.1, 0.15) is 0 Å². The molecule has 1 aliphatic carbocycles. The van der Waals surface area contributed by atoms with Gasteiger partial charge in [0.15, 0.2) is 12.2 Å². The predicted molar refractivity (Wildman–Crippen MR) is 75.9 cm³/mol. The number of hydrogen-bond donors (Lipinski definition) is 2. The van der Waals surface area contributed by atoms with Gasteiger partial charge >= 0.3 is 0 Å². The fourth-order valence-corrected chi connectivity index (χ4v) is 2.21. The quantitative estimate of drug-likeness (QED) is 0.894. The number of hydrogen-bond acceptors (Lipinski definition) is 4. The first-order valence-corrected chi connectivity index (χ1v) is 6.66. The molecule has 20 heavy (non-hydrogen) atoms. The summed E-state index contributed by atoms with van der Waals surface area (Å²) in [5, 5.41) is 2.87. The van der Waals surface area contributed by atoms with Crippen LogP contribution < -0.4 is 11.1 Å². The van der Waals surface area contributed by atoms with Crippen molar-refractivity contribution in [1.29, 1.82) is 0 Å². The largest absolute Gasteiger partial charge is 0.444 e. The van der Waals surface area contributed by atoms with Gasteiger partial charge in [0, 0.05) is 11.3 Å². The van der Waals surface area contributed by atoms with E-state index in [1.54, 1.807) is 13.1 Å². The van der Waals surface area contributed by atoms with E-state index in [1.165, 1.54) is 6.39 Å². The molecule has 1 aliphatic rings. The molecule has 1 heterocycles. The second-order valence-electron chi connectivity index (χ2n) is 5.45. The Kier molecular flexibility index (Phi) is 3.06. The van der Waals surface area contributed by atoms with Gasteiger partial charge in [0.2, 0.25) is 5.91 Å². The second-order valence-corrected chi connectivity index (χ2v) is 5.45. The highest BCUT2D eigenvalue weighted by Gasteiger charge is 2.44. The summed E-state index contributed by atoms with van der Waals surface area (Å²) in [5.74, 6) is 0.868. The summed E-state index contributed by atoms with van der Waals surface area (Å²) in [6, 6.07) is 7.42. The Morgan fingerprint density at radius 2 is 2.10 bits per heavy atom. The molecule has 0 saturated heterocycles. The van der Waals surface area contributed by atoms with Crippen molar-refractivity contribution in [3.8, 4) is 11.3 Å². The van der Waals surface area contributed by atoms with Gasteiger partial charge in [-0.1, -0.05) is 0 Å². The van der Waals surface area contributed by atoms with Gasteiger partial charge in [-0.3, -0.25) is 4.79 Å². The van der Waals surface area contributed by atoms with E-state index in [0.717, 1.165) is 24.1 Å². The van der Waals surface area contributed by atoms with E-state index in [2.05, 4.69) is 10.3 Å². The van der Waals surface area contributed by atoms with Crippen molar-refractivity contribution in [2.75, 3.05) is 5.32 Å². The zero-order valence-corrected chi connectivity index (χ0v) is 11.3. The van der Waals surface area contributed by atoms with E-state index in [0.29, 0.717) is 11.7 Å². The van der Waals surface area contributed by atoms with Gasteiger partial charge in [0.25, 0.3) is 0 Å². The first kappa shape index (κ1) is 12.9. The third-order valence-electron chi connectivity index (χ3n) is 3.77. The molecule has 0 radical (unpaired) electrons. The highest BCUT2D eigenvalue weighted by atomic mass is 16.3. The molecule has 0 spiro atoms. The van der Waals surface area contributed by atoms with E-state index >= 15 is 0 Å². The van der Waals surface area contributed by atoms with E-state index in [4.69, 9.17) is 10.2 Å². The minimum absolute atomic E-state index is 0.132. The van der Waals surface area contributed by atoms with Gasteiger partial charge in [-0.15, -0.1) is 0 Å². The average Bonchev–Trinajstić information content (AvgIpc) is 3.17. The molecule has 0 bridgehead atoms. The lowest BCUT2D eigenvalue weighted by Crippen LogP contribution is -2.50. The highest BCUT2D eigenvalue weighted by molar-refractivity contribution is 5.98. The van der Waals surface area contributed by atoms with Crippen molar-refractivity contribution in [1.82, 2.24) is 4.98 Å². The van der Waals surface area contributed by atoms with Crippen LogP contribution in [0.2, 0.25) is 0 Å². The van der Waals surface area contributed by atoms with E-state index in [1.807, 2.05) is 24.3 Å². The number of rotatable bonds is 4. The summed E-state index contributed by atoms with van der Waals surface area (Å²) < 4.78 is 5.22. The lowest BCUT2D eigenvalue weighted by atomic mass is 9.96. The summed E-state index contributed by atoms with van der Waals surface area (Å²) in [5.41, 5.74) is 6.94. The van der Waals surface area contributed by atoms with Gasteiger partial charge in [-0.25, -0.2) is 4.98 Å². The van der Waals surface area contributed by atoms with Crippen LogP contribution in [0.4, 0.5) is 5.69 Å². The normalized spacial score (nSPS) is 17.5. The number of nitrogens with two attached hydrogens (primary N) is 1. The van der Waals surface area contributed by atoms with Crippen molar-refractivity contribution >= 4 is 11.6 Å². The fraction of sp³-hybridized carbons (Fsp3) is 0.333. The molecule has 1 unspecified atom stereocenters. The summed E-state index contributed by atoms with van der Waals surface area (Å²) in [6.07, 6.45) is 5.11. The zero-order valence-electron chi connectivity index (χ0n) is 11.3. The highest BCUT2D eigenvalue weighted by Crippen LogP contribution is 2.38. The Morgan fingerprint density at radius 1 is 1.40 bits per heavy atom. The lowest BCUT2D eigenvalue weighted by Gasteiger charge is -2.23. The minimum Gasteiger partial charge on any atom is -0.444 e. The van der Waals surface area contributed by atoms with Crippen LogP contribution in [0.25, 0.3) is 11.3 Å². The maximum atomic E-state index is 12.2. The Labute approximate surface area is 117 Å². The molecule has 1 fully saturated rings. The van der Waals surface area contributed by atoms with Crippen LogP contribution in [0.3, 0.4) is 0 Å². The van der Waals surface area contributed by atoms with Crippen LogP contribution in [-0.2, 0) is 4.79 Å². The van der Waals surface area contributed by atoms with E-state index in [-0.39, 0.29) is 5.91 Å². The number of nitrogens with one attached hydrogen (secondary N) is 1. The monoisotopic (exact) mass is 271 g/mol. The smallest absolute Gasteiger partial charge is 0.244 e.